The Morgan fingerprint density at radius 2 is 2.35 bits per heavy atom. The fourth-order valence-corrected chi connectivity index (χ4v) is 2.27. The molecular formula is C12H13N3OS. The van der Waals surface area contributed by atoms with Gasteiger partial charge in [0.15, 0.2) is 10.9 Å². The van der Waals surface area contributed by atoms with E-state index in [4.69, 9.17) is 0 Å². The quantitative estimate of drug-likeness (QED) is 0.778. The highest BCUT2D eigenvalue weighted by Gasteiger charge is 2.09. The van der Waals surface area contributed by atoms with Crippen LogP contribution in [0.25, 0.3) is 0 Å². The van der Waals surface area contributed by atoms with Gasteiger partial charge >= 0.3 is 0 Å². The van der Waals surface area contributed by atoms with Gasteiger partial charge in [-0.1, -0.05) is 6.07 Å². The first kappa shape index (κ1) is 11.7. The van der Waals surface area contributed by atoms with Crippen LogP contribution in [0.3, 0.4) is 0 Å². The number of anilines is 1. The lowest BCUT2D eigenvalue weighted by atomic mass is 10.3. The second kappa shape index (κ2) is 5.05. The normalized spacial score (nSPS) is 10.2. The minimum absolute atomic E-state index is 0.00211. The van der Waals surface area contributed by atoms with Crippen molar-refractivity contribution in [3.8, 4) is 0 Å². The van der Waals surface area contributed by atoms with Crippen molar-refractivity contribution < 1.29 is 4.79 Å². The number of carbonyl (C=O) groups is 1. The Balaban J connectivity index is 2.09. The van der Waals surface area contributed by atoms with Crippen LogP contribution < -0.4 is 4.90 Å². The molecule has 2 heterocycles. The Morgan fingerprint density at radius 3 is 2.94 bits per heavy atom. The lowest BCUT2D eigenvalue weighted by Crippen LogP contribution is -2.16. The molecule has 0 aliphatic carbocycles. The summed E-state index contributed by atoms with van der Waals surface area (Å²) in [6, 6.07) is 3.93. The summed E-state index contributed by atoms with van der Waals surface area (Å²) in [5.41, 5.74) is 1.65. The summed E-state index contributed by atoms with van der Waals surface area (Å²) in [7, 11) is 1.95. The molecule has 0 radical (unpaired) electrons. The molecule has 0 fully saturated rings. The number of rotatable bonds is 4. The van der Waals surface area contributed by atoms with Crippen LogP contribution in [0.1, 0.15) is 23.0 Å². The molecule has 0 amide bonds. The number of nitrogens with zero attached hydrogens (tertiary/aromatic N) is 3. The molecule has 5 heteroatoms. The van der Waals surface area contributed by atoms with Gasteiger partial charge in [0.05, 0.1) is 0 Å². The Hall–Kier alpha value is -1.75. The highest BCUT2D eigenvalue weighted by atomic mass is 32.1. The number of aromatic nitrogens is 2. The zero-order chi connectivity index (χ0) is 12.3. The molecule has 2 aromatic rings. The fourth-order valence-electron chi connectivity index (χ4n) is 1.43. The van der Waals surface area contributed by atoms with Crippen molar-refractivity contribution in [3.63, 3.8) is 0 Å². The maximum absolute atomic E-state index is 11.2. The van der Waals surface area contributed by atoms with Crippen molar-refractivity contribution in [2.75, 3.05) is 11.9 Å². The number of hydrogen-bond donors (Lipinski definition) is 0. The summed E-state index contributed by atoms with van der Waals surface area (Å²) in [5, 5.41) is 2.64. The van der Waals surface area contributed by atoms with Gasteiger partial charge in [-0.2, -0.15) is 0 Å². The average molecular weight is 247 g/mol. The van der Waals surface area contributed by atoms with Gasteiger partial charge in [0, 0.05) is 38.3 Å². The molecule has 0 aliphatic rings. The summed E-state index contributed by atoms with van der Waals surface area (Å²) in [6.45, 7) is 2.26. The maximum Gasteiger partial charge on any atom is 0.186 e. The van der Waals surface area contributed by atoms with E-state index in [1.807, 2.05) is 30.3 Å². The summed E-state index contributed by atoms with van der Waals surface area (Å²) in [5.74, 6) is 0.00211. The van der Waals surface area contributed by atoms with Gasteiger partial charge in [-0.25, -0.2) is 4.98 Å². The van der Waals surface area contributed by atoms with E-state index in [0.717, 1.165) is 17.2 Å². The average Bonchev–Trinajstić information content (AvgIpc) is 2.79. The lowest BCUT2D eigenvalue weighted by Gasteiger charge is -2.15. The molecule has 0 atom stereocenters. The molecule has 0 N–H and O–H groups in total. The molecule has 2 rings (SSSR count). The molecule has 17 heavy (non-hydrogen) atoms. The minimum atomic E-state index is 0.00211. The van der Waals surface area contributed by atoms with E-state index in [2.05, 4.69) is 9.97 Å². The summed E-state index contributed by atoms with van der Waals surface area (Å²) in [4.78, 5) is 21.5. The van der Waals surface area contributed by atoms with Crippen LogP contribution in [-0.2, 0) is 6.54 Å². The minimum Gasteiger partial charge on any atom is -0.347 e. The topological polar surface area (TPSA) is 46.1 Å². The van der Waals surface area contributed by atoms with Gasteiger partial charge in [0.2, 0.25) is 0 Å². The number of ketones is 1. The maximum atomic E-state index is 11.2. The van der Waals surface area contributed by atoms with Gasteiger partial charge in [-0.15, -0.1) is 11.3 Å². The van der Waals surface area contributed by atoms with Gasteiger partial charge in [-0.3, -0.25) is 9.78 Å². The monoisotopic (exact) mass is 247 g/mol. The Kier molecular flexibility index (Phi) is 3.49. The van der Waals surface area contributed by atoms with Crippen LogP contribution >= 0.6 is 11.3 Å². The molecule has 0 bridgehead atoms. The van der Waals surface area contributed by atoms with E-state index in [1.54, 1.807) is 11.6 Å². The van der Waals surface area contributed by atoms with Crippen LogP contribution in [0.15, 0.2) is 29.9 Å². The molecule has 0 saturated carbocycles. The molecular weight excluding hydrogens is 234 g/mol. The van der Waals surface area contributed by atoms with Gasteiger partial charge in [-0.05, 0) is 11.6 Å². The number of pyridine rings is 1. The highest BCUT2D eigenvalue weighted by Crippen LogP contribution is 2.20. The predicted molar refractivity (Wildman–Crippen MR) is 68.5 cm³/mol. The van der Waals surface area contributed by atoms with Crippen LogP contribution in [0.2, 0.25) is 0 Å². The first-order chi connectivity index (χ1) is 8.16. The smallest absolute Gasteiger partial charge is 0.186 e. The number of thiazole rings is 1. The molecule has 0 spiro atoms. The Morgan fingerprint density at radius 1 is 1.53 bits per heavy atom. The zero-order valence-electron chi connectivity index (χ0n) is 9.75. The van der Waals surface area contributed by atoms with E-state index in [1.165, 1.54) is 18.3 Å². The molecule has 0 unspecified atom stereocenters. The second-order valence-electron chi connectivity index (χ2n) is 3.79. The standard InChI is InChI=1S/C12H13N3OS/c1-9(16)11-8-17-12(14-11)15(2)7-10-4-3-5-13-6-10/h3-6,8H,7H2,1-2H3. The predicted octanol–water partition coefficient (Wildman–Crippen LogP) is 2.38. The molecule has 4 nitrogen and oxygen atoms in total. The van der Waals surface area contributed by atoms with Gasteiger partial charge in [0.25, 0.3) is 0 Å². The van der Waals surface area contributed by atoms with Crippen LogP contribution in [-0.4, -0.2) is 22.8 Å². The number of carbonyl (C=O) groups excluding carboxylic acids is 1. The van der Waals surface area contributed by atoms with E-state index in [9.17, 15) is 4.79 Å². The largest absolute Gasteiger partial charge is 0.347 e. The summed E-state index contributed by atoms with van der Waals surface area (Å²) in [6.07, 6.45) is 3.58. The fraction of sp³-hybridized carbons (Fsp3) is 0.250. The first-order valence-corrected chi connectivity index (χ1v) is 6.11. The molecule has 0 saturated heterocycles. The van der Waals surface area contributed by atoms with Crippen LogP contribution in [0, 0.1) is 0 Å². The summed E-state index contributed by atoms with van der Waals surface area (Å²) >= 11 is 1.48. The van der Waals surface area contributed by atoms with Crippen LogP contribution in [0.5, 0.6) is 0 Å². The lowest BCUT2D eigenvalue weighted by molar-refractivity contribution is 0.101. The SMILES string of the molecule is CC(=O)c1csc(N(C)Cc2cccnc2)n1. The van der Waals surface area contributed by atoms with Crippen molar-refractivity contribution in [2.24, 2.45) is 0 Å². The molecule has 0 aliphatic heterocycles. The Labute approximate surface area is 104 Å². The highest BCUT2D eigenvalue weighted by molar-refractivity contribution is 7.13. The van der Waals surface area contributed by atoms with E-state index >= 15 is 0 Å². The van der Waals surface area contributed by atoms with Crippen molar-refractivity contribution in [1.29, 1.82) is 0 Å². The number of hydrogen-bond acceptors (Lipinski definition) is 5. The summed E-state index contributed by atoms with van der Waals surface area (Å²) < 4.78 is 0. The van der Waals surface area contributed by atoms with E-state index in [-0.39, 0.29) is 5.78 Å². The van der Waals surface area contributed by atoms with E-state index < -0.39 is 0 Å². The van der Waals surface area contributed by atoms with Gasteiger partial charge < -0.3 is 4.90 Å². The number of Topliss-reactive ketones (excluding diaryl/α,β-unsaturated/α-hetero) is 1. The van der Waals surface area contributed by atoms with Gasteiger partial charge in [0.1, 0.15) is 5.69 Å². The third-order valence-electron chi connectivity index (χ3n) is 2.32. The van der Waals surface area contributed by atoms with Crippen LogP contribution in [0.4, 0.5) is 5.13 Å². The van der Waals surface area contributed by atoms with Crippen molar-refractivity contribution in [1.82, 2.24) is 9.97 Å². The molecule has 2 aromatic heterocycles. The van der Waals surface area contributed by atoms with Crippen molar-refractivity contribution >= 4 is 22.3 Å². The second-order valence-corrected chi connectivity index (χ2v) is 4.63. The van der Waals surface area contributed by atoms with E-state index in [0.29, 0.717) is 5.69 Å². The molecule has 88 valence electrons. The third kappa shape index (κ3) is 2.88. The molecule has 0 aromatic carbocycles. The van der Waals surface area contributed by atoms with Crippen molar-refractivity contribution in [3.05, 3.63) is 41.2 Å². The van der Waals surface area contributed by atoms with Crippen molar-refractivity contribution in [2.45, 2.75) is 13.5 Å². The first-order valence-electron chi connectivity index (χ1n) is 5.23. The third-order valence-corrected chi connectivity index (χ3v) is 3.28. The zero-order valence-corrected chi connectivity index (χ0v) is 10.6. The Bertz CT molecular complexity index is 509.